The molecule has 6 heteroatoms. The van der Waals surface area contributed by atoms with E-state index in [1.54, 1.807) is 0 Å². The third-order valence-corrected chi connectivity index (χ3v) is 16.6. The van der Waals surface area contributed by atoms with Crippen LogP contribution in [0.4, 0.5) is 0 Å². The zero-order valence-electron chi connectivity index (χ0n) is 54.8. The molecular weight excluding hydrogens is 997 g/mol. The lowest BCUT2D eigenvalue weighted by atomic mass is 10.0. The van der Waals surface area contributed by atoms with Crippen molar-refractivity contribution in [1.29, 1.82) is 0 Å². The lowest BCUT2D eigenvalue weighted by Crippen LogP contribution is -2.30. The van der Waals surface area contributed by atoms with Gasteiger partial charge in [0.2, 0.25) is 0 Å². The number of carbonyl (C=O) groups excluding carboxylic acids is 3. The van der Waals surface area contributed by atoms with Crippen LogP contribution in [0, 0.1) is 0 Å². The highest BCUT2D eigenvalue weighted by Gasteiger charge is 2.19. The predicted octanol–water partition coefficient (Wildman–Crippen LogP) is 25.1. The normalized spacial score (nSPS) is 12.2. The molecule has 0 radical (unpaired) electrons. The second kappa shape index (κ2) is 70.1. The van der Waals surface area contributed by atoms with Gasteiger partial charge in [-0.15, -0.1) is 0 Å². The lowest BCUT2D eigenvalue weighted by Gasteiger charge is -2.18. The van der Waals surface area contributed by atoms with Gasteiger partial charge >= 0.3 is 17.9 Å². The Morgan fingerprint density at radius 3 is 0.741 bits per heavy atom. The van der Waals surface area contributed by atoms with Crippen molar-refractivity contribution < 1.29 is 28.6 Å². The smallest absolute Gasteiger partial charge is 0.306 e. The van der Waals surface area contributed by atoms with Crippen LogP contribution in [0.2, 0.25) is 0 Å². The van der Waals surface area contributed by atoms with E-state index in [1.807, 2.05) is 0 Å². The molecule has 1 atom stereocenters. The van der Waals surface area contributed by atoms with E-state index in [1.165, 1.54) is 283 Å². The Morgan fingerprint density at radius 2 is 0.469 bits per heavy atom. The summed E-state index contributed by atoms with van der Waals surface area (Å²) in [7, 11) is 0. The second-order valence-corrected chi connectivity index (χ2v) is 24.9. The molecule has 0 amide bonds. The minimum atomic E-state index is -0.777. The highest BCUT2D eigenvalue weighted by atomic mass is 16.6. The summed E-state index contributed by atoms with van der Waals surface area (Å²) >= 11 is 0. The Kier molecular flexibility index (Phi) is 68.1. The van der Waals surface area contributed by atoms with Crippen LogP contribution in [0.25, 0.3) is 0 Å². The first-order chi connectivity index (χ1) is 40.0. The molecule has 0 fully saturated rings. The molecule has 6 nitrogen and oxygen atoms in total. The molecule has 0 saturated heterocycles. The van der Waals surface area contributed by atoms with Crippen LogP contribution in [-0.4, -0.2) is 37.2 Å². The fraction of sp³-hybridized carbons (Fsp3) is 0.880. The van der Waals surface area contributed by atoms with Crippen LogP contribution in [0.15, 0.2) is 36.5 Å². The average Bonchev–Trinajstić information content (AvgIpc) is 3.46. The Bertz CT molecular complexity index is 1350. The Balaban J connectivity index is 4.21. The third-order valence-electron chi connectivity index (χ3n) is 16.6. The molecule has 0 aromatic carbocycles. The maximum absolute atomic E-state index is 13.0. The Labute approximate surface area is 506 Å². The number of ether oxygens (including phenoxy) is 3. The number of esters is 3. The van der Waals surface area contributed by atoms with Gasteiger partial charge in [0, 0.05) is 19.3 Å². The van der Waals surface area contributed by atoms with E-state index in [2.05, 4.69) is 57.2 Å². The summed E-state index contributed by atoms with van der Waals surface area (Å²) in [6.07, 6.45) is 87.6. The number of carbonyl (C=O) groups is 3. The molecule has 1 unspecified atom stereocenters. The van der Waals surface area contributed by atoms with E-state index in [4.69, 9.17) is 14.2 Å². The van der Waals surface area contributed by atoms with Crippen LogP contribution >= 0.6 is 0 Å². The summed E-state index contributed by atoms with van der Waals surface area (Å²) in [6.45, 7) is 6.64. The molecule has 0 aliphatic rings. The Morgan fingerprint density at radius 1 is 0.247 bits per heavy atom. The molecule has 0 aliphatic carbocycles. The van der Waals surface area contributed by atoms with Crippen LogP contribution in [0.3, 0.4) is 0 Å². The summed E-state index contributed by atoms with van der Waals surface area (Å²) < 4.78 is 17.0. The monoisotopic (exact) mass is 1140 g/mol. The molecule has 0 aliphatic heterocycles. The molecule has 0 aromatic rings. The molecule has 0 saturated carbocycles. The fourth-order valence-electron chi connectivity index (χ4n) is 11.1. The molecule has 0 aromatic heterocycles. The zero-order valence-corrected chi connectivity index (χ0v) is 54.8. The molecule has 0 N–H and O–H groups in total. The van der Waals surface area contributed by atoms with Gasteiger partial charge in [-0.25, -0.2) is 0 Å². The first-order valence-corrected chi connectivity index (χ1v) is 36.5. The first-order valence-electron chi connectivity index (χ1n) is 36.5. The summed E-state index contributed by atoms with van der Waals surface area (Å²) in [5.74, 6) is -0.857. The Hall–Kier alpha value is -2.37. The molecule has 0 rings (SSSR count). The van der Waals surface area contributed by atoms with Gasteiger partial charge in [-0.05, 0) is 70.6 Å². The van der Waals surface area contributed by atoms with E-state index in [0.29, 0.717) is 19.3 Å². The van der Waals surface area contributed by atoms with Crippen molar-refractivity contribution >= 4 is 17.9 Å². The SMILES string of the molecule is CCC/C=C\C/C=C\CCCCCCCC(=O)OCC(COC(=O)CCCCCCCCCCCCCCC/C=C\CCCCCCCCCC)OC(=O)CCCCCCCCCCCCCCCCCCCCCCCCCCC. The molecule has 0 bridgehead atoms. The second-order valence-electron chi connectivity index (χ2n) is 24.9. The quantitative estimate of drug-likeness (QED) is 0.0261. The van der Waals surface area contributed by atoms with E-state index >= 15 is 0 Å². The minimum absolute atomic E-state index is 0.0718. The summed E-state index contributed by atoms with van der Waals surface area (Å²) in [5, 5.41) is 0. The van der Waals surface area contributed by atoms with Gasteiger partial charge in [0.25, 0.3) is 0 Å². The molecule has 476 valence electrons. The van der Waals surface area contributed by atoms with Gasteiger partial charge in [-0.1, -0.05) is 353 Å². The maximum Gasteiger partial charge on any atom is 0.306 e. The largest absolute Gasteiger partial charge is 0.462 e. The topological polar surface area (TPSA) is 78.9 Å². The van der Waals surface area contributed by atoms with E-state index < -0.39 is 6.10 Å². The van der Waals surface area contributed by atoms with E-state index in [9.17, 15) is 14.4 Å². The van der Waals surface area contributed by atoms with Crippen LogP contribution in [0.1, 0.15) is 406 Å². The van der Waals surface area contributed by atoms with Gasteiger partial charge < -0.3 is 14.2 Å². The van der Waals surface area contributed by atoms with Gasteiger partial charge in [0.05, 0.1) is 0 Å². The van der Waals surface area contributed by atoms with Crippen molar-refractivity contribution in [1.82, 2.24) is 0 Å². The zero-order chi connectivity index (χ0) is 58.5. The van der Waals surface area contributed by atoms with Crippen molar-refractivity contribution in [3.05, 3.63) is 36.5 Å². The molecule has 0 spiro atoms. The van der Waals surface area contributed by atoms with Crippen molar-refractivity contribution in [2.24, 2.45) is 0 Å². The van der Waals surface area contributed by atoms with Crippen LogP contribution in [0.5, 0.6) is 0 Å². The average molecular weight is 1140 g/mol. The number of hydrogen-bond acceptors (Lipinski definition) is 6. The standard InChI is InChI=1S/C75H140O6/c1-4-7-10-13-16-19-22-25-27-29-31-33-35-37-39-41-43-45-47-50-53-56-59-62-65-68-74(77)80-71-72(70-79-73(76)67-64-61-58-55-52-49-24-21-18-15-12-9-6-3)81-75(78)69-66-63-60-57-54-51-48-46-44-42-40-38-36-34-32-30-28-26-23-20-17-14-11-8-5-2/h12,15,21,24,29,31,72H,4-11,13-14,16-20,22-23,25-28,30,32-71H2,1-3H3/b15-12-,24-21-,31-29-. The number of rotatable bonds is 68. The van der Waals surface area contributed by atoms with Gasteiger partial charge in [0.15, 0.2) is 6.10 Å². The summed E-state index contributed by atoms with van der Waals surface area (Å²) in [5.41, 5.74) is 0. The van der Waals surface area contributed by atoms with Crippen LogP contribution in [-0.2, 0) is 28.6 Å². The van der Waals surface area contributed by atoms with Crippen molar-refractivity contribution in [2.45, 2.75) is 412 Å². The third kappa shape index (κ3) is 68.3. The predicted molar refractivity (Wildman–Crippen MR) is 353 cm³/mol. The van der Waals surface area contributed by atoms with Gasteiger partial charge in [-0.2, -0.15) is 0 Å². The molecular formula is C75H140O6. The lowest BCUT2D eigenvalue weighted by molar-refractivity contribution is -0.167. The maximum atomic E-state index is 13.0. The van der Waals surface area contributed by atoms with Crippen molar-refractivity contribution in [3.63, 3.8) is 0 Å². The minimum Gasteiger partial charge on any atom is -0.462 e. The summed E-state index contributed by atoms with van der Waals surface area (Å²) in [4.78, 5) is 38.4. The first kappa shape index (κ1) is 78.6. The number of allylic oxidation sites excluding steroid dienone is 6. The van der Waals surface area contributed by atoms with Crippen molar-refractivity contribution in [2.75, 3.05) is 13.2 Å². The fourth-order valence-corrected chi connectivity index (χ4v) is 11.1. The van der Waals surface area contributed by atoms with Crippen molar-refractivity contribution in [3.8, 4) is 0 Å². The number of unbranched alkanes of at least 4 members (excludes halogenated alkanes) is 51. The molecule has 81 heavy (non-hydrogen) atoms. The highest BCUT2D eigenvalue weighted by Crippen LogP contribution is 2.19. The van der Waals surface area contributed by atoms with Crippen LogP contribution < -0.4 is 0 Å². The van der Waals surface area contributed by atoms with E-state index in [-0.39, 0.29) is 31.1 Å². The highest BCUT2D eigenvalue weighted by molar-refractivity contribution is 5.71. The van der Waals surface area contributed by atoms with Gasteiger partial charge in [-0.3, -0.25) is 14.4 Å². The van der Waals surface area contributed by atoms with E-state index in [0.717, 1.165) is 83.5 Å². The van der Waals surface area contributed by atoms with Gasteiger partial charge in [0.1, 0.15) is 13.2 Å². The summed E-state index contributed by atoms with van der Waals surface area (Å²) in [6, 6.07) is 0. The molecule has 0 heterocycles. The number of hydrogen-bond donors (Lipinski definition) is 0.